The lowest BCUT2D eigenvalue weighted by Crippen LogP contribution is -2.11. The third kappa shape index (κ3) is 2.40. The molecule has 1 aromatic carbocycles. The molecule has 0 spiro atoms. The van der Waals surface area contributed by atoms with Crippen LogP contribution in [0.3, 0.4) is 0 Å². The van der Waals surface area contributed by atoms with E-state index in [4.69, 9.17) is 15.7 Å². The Labute approximate surface area is 84.1 Å². The minimum atomic E-state index is 0.117. The zero-order chi connectivity index (χ0) is 10.6. The van der Waals surface area contributed by atoms with Gasteiger partial charge in [-0.25, -0.2) is 0 Å². The Morgan fingerprint density at radius 1 is 1.57 bits per heavy atom. The van der Waals surface area contributed by atoms with Crippen molar-refractivity contribution < 1.29 is 4.74 Å². The van der Waals surface area contributed by atoms with E-state index in [2.05, 4.69) is 6.07 Å². The molecule has 1 aromatic rings. The molecule has 0 fully saturated rings. The average Bonchev–Trinajstić information content (AvgIpc) is 2.21. The van der Waals surface area contributed by atoms with Crippen molar-refractivity contribution >= 4 is 5.69 Å². The van der Waals surface area contributed by atoms with Crippen LogP contribution in [0.4, 0.5) is 5.69 Å². The van der Waals surface area contributed by atoms with Crippen molar-refractivity contribution in [2.75, 3.05) is 5.73 Å². The number of nitriles is 1. The molecule has 74 valence electrons. The predicted octanol–water partition coefficient (Wildman–Crippen LogP) is 2.32. The van der Waals surface area contributed by atoms with Crippen LogP contribution < -0.4 is 10.5 Å². The van der Waals surface area contributed by atoms with E-state index in [0.29, 0.717) is 17.0 Å². The van der Waals surface area contributed by atoms with Gasteiger partial charge in [0.2, 0.25) is 0 Å². The van der Waals surface area contributed by atoms with Crippen LogP contribution in [0.1, 0.15) is 25.8 Å². The maximum absolute atomic E-state index is 8.70. The first kappa shape index (κ1) is 10.4. The number of hydrogen-bond acceptors (Lipinski definition) is 3. The number of rotatable bonds is 3. The van der Waals surface area contributed by atoms with Gasteiger partial charge < -0.3 is 10.5 Å². The lowest BCUT2D eigenvalue weighted by atomic mass is 10.2. The second kappa shape index (κ2) is 4.52. The number of nitrogens with two attached hydrogens (primary N) is 1. The molecule has 0 saturated heterocycles. The molecule has 0 aliphatic rings. The van der Waals surface area contributed by atoms with Gasteiger partial charge in [0.05, 0.1) is 23.4 Å². The van der Waals surface area contributed by atoms with Gasteiger partial charge in [-0.05, 0) is 25.5 Å². The number of anilines is 1. The lowest BCUT2D eigenvalue weighted by Gasteiger charge is -2.14. The summed E-state index contributed by atoms with van der Waals surface area (Å²) in [5.74, 6) is 0.596. The van der Waals surface area contributed by atoms with Crippen LogP contribution in [-0.2, 0) is 0 Å². The molecule has 0 bridgehead atoms. The molecule has 0 amide bonds. The van der Waals surface area contributed by atoms with E-state index in [9.17, 15) is 0 Å². The fourth-order valence-electron chi connectivity index (χ4n) is 1.01. The Bertz CT molecular complexity index is 355. The minimum Gasteiger partial charge on any atom is -0.489 e. The summed E-state index contributed by atoms with van der Waals surface area (Å²) >= 11 is 0. The van der Waals surface area contributed by atoms with Gasteiger partial charge in [0.1, 0.15) is 5.75 Å². The molecule has 0 aromatic heterocycles. The molecule has 1 unspecified atom stereocenters. The van der Waals surface area contributed by atoms with Crippen LogP contribution in [0.15, 0.2) is 18.2 Å². The van der Waals surface area contributed by atoms with E-state index in [1.165, 1.54) is 0 Å². The van der Waals surface area contributed by atoms with Crippen molar-refractivity contribution in [1.82, 2.24) is 0 Å². The molecule has 1 atom stereocenters. The first-order valence-electron chi connectivity index (χ1n) is 4.63. The summed E-state index contributed by atoms with van der Waals surface area (Å²) in [5.41, 5.74) is 6.85. The van der Waals surface area contributed by atoms with Crippen LogP contribution in [0.5, 0.6) is 5.75 Å². The van der Waals surface area contributed by atoms with E-state index >= 15 is 0 Å². The van der Waals surface area contributed by atoms with Crippen molar-refractivity contribution in [3.63, 3.8) is 0 Å². The van der Waals surface area contributed by atoms with E-state index in [1.807, 2.05) is 13.8 Å². The monoisotopic (exact) mass is 190 g/mol. The standard InChI is InChI=1S/C11H14N2O/c1-3-8(2)14-11-6-9(7-12)4-5-10(11)13/h4-6,8H,3,13H2,1-2H3. The molecule has 3 nitrogen and oxygen atoms in total. The highest BCUT2D eigenvalue weighted by molar-refractivity contribution is 5.56. The van der Waals surface area contributed by atoms with Crippen molar-refractivity contribution in [3.05, 3.63) is 23.8 Å². The van der Waals surface area contributed by atoms with Crippen LogP contribution in [0, 0.1) is 11.3 Å². The zero-order valence-corrected chi connectivity index (χ0v) is 8.45. The highest BCUT2D eigenvalue weighted by Crippen LogP contribution is 2.23. The number of benzene rings is 1. The maximum atomic E-state index is 8.70. The fraction of sp³-hybridized carbons (Fsp3) is 0.364. The molecule has 0 radical (unpaired) electrons. The molecular formula is C11H14N2O. The summed E-state index contributed by atoms with van der Waals surface area (Å²) in [7, 11) is 0. The Morgan fingerprint density at radius 2 is 2.29 bits per heavy atom. The number of ether oxygens (including phenoxy) is 1. The highest BCUT2D eigenvalue weighted by atomic mass is 16.5. The second-order valence-corrected chi connectivity index (χ2v) is 3.20. The van der Waals surface area contributed by atoms with Gasteiger partial charge in [0, 0.05) is 6.07 Å². The average molecular weight is 190 g/mol. The SMILES string of the molecule is CCC(C)Oc1cc(C#N)ccc1N. The van der Waals surface area contributed by atoms with Crippen LogP contribution in [0.2, 0.25) is 0 Å². The topological polar surface area (TPSA) is 59.0 Å². The normalized spacial score (nSPS) is 11.8. The third-order valence-corrected chi connectivity index (χ3v) is 2.05. The Morgan fingerprint density at radius 3 is 2.86 bits per heavy atom. The van der Waals surface area contributed by atoms with Crippen molar-refractivity contribution in [2.24, 2.45) is 0 Å². The molecule has 0 heterocycles. The Balaban J connectivity index is 2.90. The molecule has 3 heteroatoms. The van der Waals surface area contributed by atoms with Crippen molar-refractivity contribution in [3.8, 4) is 11.8 Å². The molecular weight excluding hydrogens is 176 g/mol. The number of nitrogen functional groups attached to an aromatic ring is 1. The van der Waals surface area contributed by atoms with Gasteiger partial charge in [-0.15, -0.1) is 0 Å². The minimum absolute atomic E-state index is 0.117. The zero-order valence-electron chi connectivity index (χ0n) is 8.45. The van der Waals surface area contributed by atoms with E-state index < -0.39 is 0 Å². The van der Waals surface area contributed by atoms with Crippen LogP contribution >= 0.6 is 0 Å². The highest BCUT2D eigenvalue weighted by Gasteiger charge is 2.05. The number of nitrogens with zero attached hydrogens (tertiary/aromatic N) is 1. The van der Waals surface area contributed by atoms with E-state index in [1.54, 1.807) is 18.2 Å². The molecule has 1 rings (SSSR count). The van der Waals surface area contributed by atoms with E-state index in [-0.39, 0.29) is 6.10 Å². The largest absolute Gasteiger partial charge is 0.489 e. The quantitative estimate of drug-likeness (QED) is 0.744. The Hall–Kier alpha value is -1.69. The molecule has 14 heavy (non-hydrogen) atoms. The van der Waals surface area contributed by atoms with Gasteiger partial charge in [0.15, 0.2) is 0 Å². The first-order valence-corrected chi connectivity index (χ1v) is 4.63. The van der Waals surface area contributed by atoms with Gasteiger partial charge in [0.25, 0.3) is 0 Å². The summed E-state index contributed by atoms with van der Waals surface area (Å²) in [6, 6.07) is 7.09. The van der Waals surface area contributed by atoms with Gasteiger partial charge in [-0.1, -0.05) is 6.92 Å². The lowest BCUT2D eigenvalue weighted by molar-refractivity contribution is 0.218. The number of hydrogen-bond donors (Lipinski definition) is 1. The molecule has 2 N–H and O–H groups in total. The van der Waals surface area contributed by atoms with Gasteiger partial charge in [-0.2, -0.15) is 5.26 Å². The summed E-state index contributed by atoms with van der Waals surface area (Å²) in [5, 5.41) is 8.70. The summed E-state index contributed by atoms with van der Waals surface area (Å²) in [6.45, 7) is 4.01. The second-order valence-electron chi connectivity index (χ2n) is 3.20. The van der Waals surface area contributed by atoms with E-state index in [0.717, 1.165) is 6.42 Å². The van der Waals surface area contributed by atoms with Crippen LogP contribution in [-0.4, -0.2) is 6.10 Å². The Kier molecular flexibility index (Phi) is 3.35. The molecule has 0 aliphatic heterocycles. The van der Waals surface area contributed by atoms with Gasteiger partial charge >= 0.3 is 0 Å². The molecule has 0 saturated carbocycles. The van der Waals surface area contributed by atoms with Gasteiger partial charge in [-0.3, -0.25) is 0 Å². The maximum Gasteiger partial charge on any atom is 0.143 e. The third-order valence-electron chi connectivity index (χ3n) is 2.05. The summed E-state index contributed by atoms with van der Waals surface area (Å²) in [6.07, 6.45) is 1.03. The molecule has 0 aliphatic carbocycles. The fourth-order valence-corrected chi connectivity index (χ4v) is 1.01. The van der Waals surface area contributed by atoms with Crippen molar-refractivity contribution in [1.29, 1.82) is 5.26 Å². The smallest absolute Gasteiger partial charge is 0.143 e. The van der Waals surface area contributed by atoms with Crippen LogP contribution in [0.25, 0.3) is 0 Å². The predicted molar refractivity (Wildman–Crippen MR) is 56.0 cm³/mol. The van der Waals surface area contributed by atoms with Crippen molar-refractivity contribution in [2.45, 2.75) is 26.4 Å². The summed E-state index contributed by atoms with van der Waals surface area (Å²) < 4.78 is 5.56. The first-order chi connectivity index (χ1) is 6.67. The summed E-state index contributed by atoms with van der Waals surface area (Å²) in [4.78, 5) is 0.